The minimum absolute atomic E-state index is 0.0637. The number of amidine groups is 1. The minimum atomic E-state index is -0.0637. The van der Waals surface area contributed by atoms with E-state index in [1.807, 2.05) is 49.3 Å². The second kappa shape index (κ2) is 5.36. The van der Waals surface area contributed by atoms with Crippen LogP contribution < -0.4 is 5.73 Å². The second-order valence-electron chi connectivity index (χ2n) is 3.75. The molecule has 4 heteroatoms. The van der Waals surface area contributed by atoms with Gasteiger partial charge >= 0.3 is 0 Å². The molecule has 0 bridgehead atoms. The zero-order chi connectivity index (χ0) is 11.3. The lowest BCUT2D eigenvalue weighted by molar-refractivity contribution is 0.312. The van der Waals surface area contributed by atoms with Crippen molar-refractivity contribution in [2.75, 3.05) is 20.6 Å². The molecule has 0 saturated carbocycles. The quantitative estimate of drug-likeness (QED) is 0.336. The molecule has 0 fully saturated rings. The molecule has 0 radical (unpaired) electrons. The predicted octanol–water partition coefficient (Wildman–Crippen LogP) is 1.08. The lowest BCUT2D eigenvalue weighted by Gasteiger charge is -2.20. The molecule has 1 unspecified atom stereocenters. The van der Waals surface area contributed by atoms with Gasteiger partial charge in [-0.3, -0.25) is 0 Å². The largest absolute Gasteiger partial charge is 0.409 e. The van der Waals surface area contributed by atoms with Gasteiger partial charge in [0.2, 0.25) is 0 Å². The van der Waals surface area contributed by atoms with E-state index in [0.717, 1.165) is 12.1 Å². The van der Waals surface area contributed by atoms with Crippen molar-refractivity contribution in [1.82, 2.24) is 4.90 Å². The smallest absolute Gasteiger partial charge is 0.147 e. The molecule has 0 aliphatic rings. The lowest BCUT2D eigenvalue weighted by Crippen LogP contribution is -2.31. The van der Waals surface area contributed by atoms with Gasteiger partial charge in [0.05, 0.1) is 5.92 Å². The summed E-state index contributed by atoms with van der Waals surface area (Å²) in [5, 5.41) is 11.8. The van der Waals surface area contributed by atoms with Gasteiger partial charge in [0, 0.05) is 6.54 Å². The van der Waals surface area contributed by atoms with Gasteiger partial charge in [-0.25, -0.2) is 0 Å². The highest BCUT2D eigenvalue weighted by Gasteiger charge is 2.16. The van der Waals surface area contributed by atoms with Crippen LogP contribution in [-0.2, 0) is 0 Å². The average Bonchev–Trinajstić information content (AvgIpc) is 2.26. The molecule has 0 spiro atoms. The van der Waals surface area contributed by atoms with Crippen LogP contribution >= 0.6 is 0 Å². The van der Waals surface area contributed by atoms with Gasteiger partial charge in [-0.2, -0.15) is 0 Å². The molecule has 0 aliphatic heterocycles. The third-order valence-electron chi connectivity index (χ3n) is 2.22. The zero-order valence-electron chi connectivity index (χ0n) is 9.09. The van der Waals surface area contributed by atoms with Crippen LogP contribution in [0, 0.1) is 0 Å². The Labute approximate surface area is 90.0 Å². The third-order valence-corrected chi connectivity index (χ3v) is 2.22. The maximum absolute atomic E-state index is 8.72. The van der Waals surface area contributed by atoms with Gasteiger partial charge in [-0.15, -0.1) is 0 Å². The Balaban J connectivity index is 2.91. The normalized spacial score (nSPS) is 14.2. The van der Waals surface area contributed by atoms with Gasteiger partial charge in [0.15, 0.2) is 0 Å². The van der Waals surface area contributed by atoms with E-state index in [2.05, 4.69) is 5.16 Å². The highest BCUT2D eigenvalue weighted by Crippen LogP contribution is 2.16. The van der Waals surface area contributed by atoms with Crippen molar-refractivity contribution in [3.63, 3.8) is 0 Å². The number of hydrogen-bond acceptors (Lipinski definition) is 3. The molecule has 0 saturated heterocycles. The van der Waals surface area contributed by atoms with Gasteiger partial charge < -0.3 is 15.8 Å². The second-order valence-corrected chi connectivity index (χ2v) is 3.75. The summed E-state index contributed by atoms with van der Waals surface area (Å²) in [5.41, 5.74) is 6.73. The Morgan fingerprint density at radius 3 is 2.47 bits per heavy atom. The van der Waals surface area contributed by atoms with Crippen LogP contribution in [0.25, 0.3) is 0 Å². The van der Waals surface area contributed by atoms with E-state index in [1.54, 1.807) is 0 Å². The predicted molar refractivity (Wildman–Crippen MR) is 61.1 cm³/mol. The van der Waals surface area contributed by atoms with E-state index in [-0.39, 0.29) is 11.8 Å². The van der Waals surface area contributed by atoms with Gasteiger partial charge in [0.1, 0.15) is 5.84 Å². The number of benzene rings is 1. The van der Waals surface area contributed by atoms with E-state index < -0.39 is 0 Å². The summed E-state index contributed by atoms with van der Waals surface area (Å²) in [5.74, 6) is 0.182. The maximum Gasteiger partial charge on any atom is 0.147 e. The fraction of sp³-hybridized carbons (Fsp3) is 0.364. The van der Waals surface area contributed by atoms with E-state index >= 15 is 0 Å². The average molecular weight is 207 g/mol. The molecule has 1 atom stereocenters. The van der Waals surface area contributed by atoms with E-state index in [0.29, 0.717) is 0 Å². The molecule has 1 rings (SSSR count). The molecule has 0 aliphatic carbocycles. The van der Waals surface area contributed by atoms with Crippen LogP contribution in [0.1, 0.15) is 11.5 Å². The molecule has 1 aromatic rings. The van der Waals surface area contributed by atoms with Crippen LogP contribution in [-0.4, -0.2) is 36.6 Å². The Morgan fingerprint density at radius 2 is 2.00 bits per heavy atom. The zero-order valence-corrected chi connectivity index (χ0v) is 9.09. The molecule has 0 aromatic heterocycles. The Kier molecular flexibility index (Phi) is 4.12. The maximum atomic E-state index is 8.72. The highest BCUT2D eigenvalue weighted by molar-refractivity contribution is 5.87. The molecular formula is C11H17N3O. The van der Waals surface area contributed by atoms with Crippen LogP contribution in [0.2, 0.25) is 0 Å². The Hall–Kier alpha value is -1.55. The van der Waals surface area contributed by atoms with Gasteiger partial charge in [-0.05, 0) is 19.7 Å². The van der Waals surface area contributed by atoms with Crippen molar-refractivity contribution in [1.29, 1.82) is 0 Å². The fourth-order valence-corrected chi connectivity index (χ4v) is 1.49. The van der Waals surface area contributed by atoms with Gasteiger partial charge in [-0.1, -0.05) is 35.5 Å². The SMILES string of the molecule is CN(C)CC(C(N)=NO)c1ccccc1. The summed E-state index contributed by atoms with van der Waals surface area (Å²) in [6.07, 6.45) is 0. The Morgan fingerprint density at radius 1 is 1.40 bits per heavy atom. The topological polar surface area (TPSA) is 61.8 Å². The molecule has 0 amide bonds. The van der Waals surface area contributed by atoms with Crippen molar-refractivity contribution < 1.29 is 5.21 Å². The summed E-state index contributed by atoms with van der Waals surface area (Å²) >= 11 is 0. The van der Waals surface area contributed by atoms with Crippen molar-refractivity contribution in [3.8, 4) is 0 Å². The van der Waals surface area contributed by atoms with Crippen LogP contribution in [0.5, 0.6) is 0 Å². The van der Waals surface area contributed by atoms with Crippen LogP contribution in [0.15, 0.2) is 35.5 Å². The first-order valence-corrected chi connectivity index (χ1v) is 4.82. The fourth-order valence-electron chi connectivity index (χ4n) is 1.49. The first-order chi connectivity index (χ1) is 7.15. The van der Waals surface area contributed by atoms with Crippen molar-refractivity contribution in [2.45, 2.75) is 5.92 Å². The molecular weight excluding hydrogens is 190 g/mol. The number of likely N-dealkylation sites (N-methyl/N-ethyl adjacent to an activating group) is 1. The van der Waals surface area contributed by atoms with E-state index in [4.69, 9.17) is 10.9 Å². The first-order valence-electron chi connectivity index (χ1n) is 4.82. The number of nitrogens with two attached hydrogens (primary N) is 1. The van der Waals surface area contributed by atoms with Gasteiger partial charge in [0.25, 0.3) is 0 Å². The van der Waals surface area contributed by atoms with Crippen molar-refractivity contribution >= 4 is 5.84 Å². The Bertz CT molecular complexity index is 322. The number of oxime groups is 1. The first kappa shape index (κ1) is 11.5. The van der Waals surface area contributed by atoms with E-state index in [1.165, 1.54) is 0 Å². The molecule has 82 valence electrons. The van der Waals surface area contributed by atoms with Crippen LogP contribution in [0.4, 0.5) is 0 Å². The lowest BCUT2D eigenvalue weighted by atomic mass is 9.98. The molecule has 0 heterocycles. The van der Waals surface area contributed by atoms with Crippen molar-refractivity contribution in [3.05, 3.63) is 35.9 Å². The van der Waals surface area contributed by atoms with Crippen molar-refractivity contribution in [2.24, 2.45) is 10.9 Å². The molecule has 4 nitrogen and oxygen atoms in total. The monoisotopic (exact) mass is 207 g/mol. The summed E-state index contributed by atoms with van der Waals surface area (Å²) in [6.45, 7) is 0.722. The third kappa shape index (κ3) is 3.25. The molecule has 3 N–H and O–H groups in total. The summed E-state index contributed by atoms with van der Waals surface area (Å²) in [7, 11) is 3.92. The highest BCUT2D eigenvalue weighted by atomic mass is 16.4. The van der Waals surface area contributed by atoms with E-state index in [9.17, 15) is 0 Å². The summed E-state index contributed by atoms with van der Waals surface area (Å²) in [4.78, 5) is 2.01. The number of nitrogens with zero attached hydrogens (tertiary/aromatic N) is 2. The minimum Gasteiger partial charge on any atom is -0.409 e. The van der Waals surface area contributed by atoms with Crippen LogP contribution in [0.3, 0.4) is 0 Å². The number of rotatable bonds is 4. The molecule has 15 heavy (non-hydrogen) atoms. The summed E-state index contributed by atoms with van der Waals surface area (Å²) in [6, 6.07) is 9.80. The molecule has 1 aromatic carbocycles. The summed E-state index contributed by atoms with van der Waals surface area (Å²) < 4.78 is 0. The standard InChI is InChI=1S/C11H17N3O/c1-14(2)8-10(11(12)13-15)9-6-4-3-5-7-9/h3-7,10,15H,8H2,1-2H3,(H2,12,13). The number of hydrogen-bond donors (Lipinski definition) is 2.